The molecule has 2 saturated heterocycles. The van der Waals surface area contributed by atoms with Crippen LogP contribution in [0.3, 0.4) is 0 Å². The van der Waals surface area contributed by atoms with Gasteiger partial charge in [-0.3, -0.25) is 9.59 Å². The number of aliphatic hydroxyl groups excluding tert-OH is 1. The van der Waals surface area contributed by atoms with Gasteiger partial charge in [-0.1, -0.05) is 66.6 Å². The summed E-state index contributed by atoms with van der Waals surface area (Å²) >= 11 is 6.06. The largest absolute Gasteiger partial charge is 0.481 e. The number of piperidine rings is 1. The van der Waals surface area contributed by atoms with Gasteiger partial charge >= 0.3 is 5.97 Å². The van der Waals surface area contributed by atoms with Gasteiger partial charge in [-0.2, -0.15) is 0 Å². The van der Waals surface area contributed by atoms with Crippen LogP contribution in [0.25, 0.3) is 0 Å². The third-order valence-corrected chi connectivity index (χ3v) is 9.15. The standard InChI is InChI=1S/C36H43ClN2O7/c37-29-14-12-28(13-15-29)36(44)18-20-39(21-19-36)23-31-22-32(26-8-6-25(24-40)7-9-26)46-35(45-31)27-10-16-30(17-11-27)38-33(41)4-2-1-3-5-34(42)43/h6-17,31-32,35,40,44H,1-5,18-24H2,(H,38,41)(H,42,43). The first-order valence-corrected chi connectivity index (χ1v) is 16.4. The highest BCUT2D eigenvalue weighted by Gasteiger charge is 2.37. The number of ether oxygens (including phenoxy) is 2. The Kier molecular flexibility index (Phi) is 11.8. The lowest BCUT2D eigenvalue weighted by molar-refractivity contribution is -0.253. The molecule has 5 rings (SSSR count). The normalized spacial score (nSPS) is 21.5. The van der Waals surface area contributed by atoms with Crippen molar-refractivity contribution in [1.82, 2.24) is 4.90 Å². The smallest absolute Gasteiger partial charge is 0.303 e. The quantitative estimate of drug-likeness (QED) is 0.158. The Balaban J connectivity index is 1.21. The van der Waals surface area contributed by atoms with Crippen LogP contribution in [0, 0.1) is 0 Å². The second kappa shape index (κ2) is 16.0. The van der Waals surface area contributed by atoms with Crippen molar-refractivity contribution in [3.05, 3.63) is 100 Å². The van der Waals surface area contributed by atoms with Crippen LogP contribution in [-0.2, 0) is 31.3 Å². The Morgan fingerprint density at radius 3 is 2.17 bits per heavy atom. The number of benzene rings is 3. The molecule has 2 fully saturated rings. The molecule has 246 valence electrons. The molecule has 10 heteroatoms. The third kappa shape index (κ3) is 9.37. The molecule has 0 spiro atoms. The summed E-state index contributed by atoms with van der Waals surface area (Å²) in [6, 6.07) is 22.7. The number of amides is 1. The Bertz CT molecular complexity index is 1420. The van der Waals surface area contributed by atoms with E-state index in [1.54, 1.807) is 0 Å². The molecule has 3 unspecified atom stereocenters. The fourth-order valence-corrected chi connectivity index (χ4v) is 6.29. The number of aliphatic carboxylic acids is 1. The summed E-state index contributed by atoms with van der Waals surface area (Å²) < 4.78 is 13.0. The monoisotopic (exact) mass is 650 g/mol. The number of anilines is 1. The summed E-state index contributed by atoms with van der Waals surface area (Å²) in [7, 11) is 0. The van der Waals surface area contributed by atoms with E-state index in [9.17, 15) is 19.8 Å². The minimum atomic E-state index is -0.880. The molecule has 2 heterocycles. The number of halogens is 1. The topological polar surface area (TPSA) is 129 Å². The molecule has 3 aromatic carbocycles. The van der Waals surface area contributed by atoms with Crippen molar-refractivity contribution >= 4 is 29.2 Å². The minimum absolute atomic E-state index is 0.0227. The number of carbonyl (C=O) groups excluding carboxylic acids is 1. The van der Waals surface area contributed by atoms with Gasteiger partial charge < -0.3 is 35.0 Å². The van der Waals surface area contributed by atoms with Crippen LogP contribution >= 0.6 is 11.6 Å². The van der Waals surface area contributed by atoms with Gasteiger partial charge in [-0.25, -0.2) is 0 Å². The zero-order valence-electron chi connectivity index (χ0n) is 25.9. The van der Waals surface area contributed by atoms with Gasteiger partial charge in [0.1, 0.15) is 0 Å². The molecule has 46 heavy (non-hydrogen) atoms. The molecule has 0 aromatic heterocycles. The maximum absolute atomic E-state index is 12.4. The summed E-state index contributed by atoms with van der Waals surface area (Å²) in [5.41, 5.74) is 3.37. The fourth-order valence-electron chi connectivity index (χ4n) is 6.16. The molecular formula is C36H43ClN2O7. The van der Waals surface area contributed by atoms with Crippen LogP contribution in [0.2, 0.25) is 5.02 Å². The average Bonchev–Trinajstić information content (AvgIpc) is 3.06. The van der Waals surface area contributed by atoms with Crippen molar-refractivity contribution in [2.45, 2.75) is 82.1 Å². The number of rotatable bonds is 13. The van der Waals surface area contributed by atoms with E-state index in [0.29, 0.717) is 62.2 Å². The van der Waals surface area contributed by atoms with E-state index in [1.165, 1.54) is 0 Å². The zero-order chi connectivity index (χ0) is 32.5. The lowest BCUT2D eigenvalue weighted by Crippen LogP contribution is -2.46. The fraction of sp³-hybridized carbons (Fsp3) is 0.444. The first-order valence-electron chi connectivity index (χ1n) is 16.0. The first-order chi connectivity index (χ1) is 22.2. The van der Waals surface area contributed by atoms with Crippen molar-refractivity contribution in [3.8, 4) is 0 Å². The summed E-state index contributed by atoms with van der Waals surface area (Å²) in [4.78, 5) is 25.4. The molecule has 4 N–H and O–H groups in total. The van der Waals surface area contributed by atoms with Crippen molar-refractivity contribution < 1.29 is 34.4 Å². The number of hydrogen-bond acceptors (Lipinski definition) is 7. The molecule has 2 aliphatic rings. The summed E-state index contributed by atoms with van der Waals surface area (Å²) in [6.07, 6.45) is 3.29. The number of likely N-dealkylation sites (tertiary alicyclic amines) is 1. The number of carboxylic acids is 1. The van der Waals surface area contributed by atoms with Crippen LogP contribution in [0.1, 0.15) is 86.0 Å². The van der Waals surface area contributed by atoms with Crippen LogP contribution in [0.15, 0.2) is 72.8 Å². The van der Waals surface area contributed by atoms with E-state index >= 15 is 0 Å². The lowest BCUT2D eigenvalue weighted by atomic mass is 9.84. The highest BCUT2D eigenvalue weighted by atomic mass is 35.5. The number of hydrogen-bond donors (Lipinski definition) is 4. The Hall–Kier alpha value is -3.31. The molecule has 9 nitrogen and oxygen atoms in total. The number of aliphatic hydroxyl groups is 2. The molecule has 0 radical (unpaired) electrons. The Morgan fingerprint density at radius 1 is 0.870 bits per heavy atom. The average molecular weight is 651 g/mol. The molecule has 0 saturated carbocycles. The summed E-state index contributed by atoms with van der Waals surface area (Å²) in [5.74, 6) is -0.925. The van der Waals surface area contributed by atoms with E-state index in [2.05, 4.69) is 10.2 Å². The van der Waals surface area contributed by atoms with E-state index < -0.39 is 17.9 Å². The number of nitrogens with one attached hydrogen (secondary N) is 1. The molecule has 0 bridgehead atoms. The van der Waals surface area contributed by atoms with Gasteiger partial charge in [0.15, 0.2) is 6.29 Å². The van der Waals surface area contributed by atoms with E-state index in [4.69, 9.17) is 26.2 Å². The van der Waals surface area contributed by atoms with Gasteiger partial charge in [0.25, 0.3) is 0 Å². The summed E-state index contributed by atoms with van der Waals surface area (Å²) in [6.45, 7) is 2.14. The second-order valence-corrected chi connectivity index (χ2v) is 12.8. The number of nitrogens with zero attached hydrogens (tertiary/aromatic N) is 1. The van der Waals surface area contributed by atoms with Gasteiger partial charge in [0.2, 0.25) is 5.91 Å². The van der Waals surface area contributed by atoms with Gasteiger partial charge in [-0.05, 0) is 66.6 Å². The predicted molar refractivity (Wildman–Crippen MR) is 175 cm³/mol. The highest BCUT2D eigenvalue weighted by Crippen LogP contribution is 2.39. The SMILES string of the molecule is O=C(O)CCCCCC(=O)Nc1ccc(C2OC(CN3CCC(O)(c4ccc(Cl)cc4)CC3)CC(c3ccc(CO)cc3)O2)cc1. The second-order valence-electron chi connectivity index (χ2n) is 12.3. The number of carbonyl (C=O) groups is 2. The molecule has 1 amide bonds. The van der Waals surface area contributed by atoms with Crippen molar-refractivity contribution in [1.29, 1.82) is 0 Å². The van der Waals surface area contributed by atoms with Crippen LogP contribution < -0.4 is 5.32 Å². The van der Waals surface area contributed by atoms with E-state index in [0.717, 1.165) is 35.3 Å². The molecule has 3 atom stereocenters. The highest BCUT2D eigenvalue weighted by molar-refractivity contribution is 6.30. The zero-order valence-corrected chi connectivity index (χ0v) is 26.7. The maximum atomic E-state index is 12.4. The summed E-state index contributed by atoms with van der Waals surface area (Å²) in [5, 5.41) is 33.2. The van der Waals surface area contributed by atoms with E-state index in [-0.39, 0.29) is 31.1 Å². The van der Waals surface area contributed by atoms with Gasteiger partial charge in [0.05, 0.1) is 24.4 Å². The van der Waals surface area contributed by atoms with E-state index in [1.807, 2.05) is 72.8 Å². The van der Waals surface area contributed by atoms with Gasteiger partial charge in [0, 0.05) is 55.2 Å². The molecular weight excluding hydrogens is 608 g/mol. The number of carboxylic acid groups (broad SMARTS) is 1. The Morgan fingerprint density at radius 2 is 1.52 bits per heavy atom. The van der Waals surface area contributed by atoms with Crippen LogP contribution in [0.4, 0.5) is 5.69 Å². The van der Waals surface area contributed by atoms with Crippen molar-refractivity contribution in [3.63, 3.8) is 0 Å². The van der Waals surface area contributed by atoms with Crippen LogP contribution in [-0.4, -0.2) is 57.8 Å². The first kappa shape index (κ1) is 34.0. The third-order valence-electron chi connectivity index (χ3n) is 8.90. The molecule has 3 aromatic rings. The van der Waals surface area contributed by atoms with Crippen molar-refractivity contribution in [2.24, 2.45) is 0 Å². The Labute approximate surface area is 275 Å². The minimum Gasteiger partial charge on any atom is -0.481 e. The number of unbranched alkanes of at least 4 members (excludes halogenated alkanes) is 2. The molecule has 2 aliphatic heterocycles. The molecule has 0 aliphatic carbocycles. The van der Waals surface area contributed by atoms with Crippen molar-refractivity contribution in [2.75, 3.05) is 25.0 Å². The predicted octanol–water partition coefficient (Wildman–Crippen LogP) is 6.33. The van der Waals surface area contributed by atoms with Gasteiger partial charge in [-0.15, -0.1) is 0 Å². The maximum Gasteiger partial charge on any atom is 0.303 e. The lowest BCUT2D eigenvalue weighted by Gasteiger charge is -2.42. The van der Waals surface area contributed by atoms with Crippen LogP contribution in [0.5, 0.6) is 0 Å².